The molecule has 0 spiro atoms. The minimum atomic E-state index is -0.939. The van der Waals surface area contributed by atoms with Crippen LogP contribution in [0.25, 0.3) is 0 Å². The zero-order chi connectivity index (χ0) is 38.8. The Labute approximate surface area is 313 Å². The second kappa shape index (κ2) is 17.6. The molecule has 4 rings (SSSR count). The Balaban J connectivity index is 1.37. The van der Waals surface area contributed by atoms with Gasteiger partial charge in [0.05, 0.1) is 0 Å². The number of aliphatic hydroxyl groups is 2. The highest BCUT2D eigenvalue weighted by molar-refractivity contribution is 5.81. The topological polar surface area (TPSA) is 112 Å². The van der Waals surface area contributed by atoms with Gasteiger partial charge in [-0.05, 0) is 57.6 Å². The zero-order valence-electron chi connectivity index (χ0n) is 31.6. The fourth-order valence-electron chi connectivity index (χ4n) is 6.00. The number of esters is 2. The van der Waals surface area contributed by atoms with Crippen LogP contribution in [0.5, 0.6) is 11.5 Å². The molecule has 0 saturated carbocycles. The second-order valence-corrected chi connectivity index (χ2v) is 14.7. The Morgan fingerprint density at radius 1 is 0.491 bits per heavy atom. The van der Waals surface area contributed by atoms with Gasteiger partial charge in [-0.3, -0.25) is 0 Å². The molecule has 8 heteroatoms. The molecular weight excluding hydrogens is 668 g/mol. The lowest BCUT2D eigenvalue weighted by molar-refractivity contribution is -0.142. The second-order valence-electron chi connectivity index (χ2n) is 14.7. The van der Waals surface area contributed by atoms with E-state index in [-0.39, 0.29) is 42.7 Å². The Bertz CT molecular complexity index is 1680. The monoisotopic (exact) mass is 720 g/mol. The highest BCUT2D eigenvalue weighted by atomic mass is 16.6. The van der Waals surface area contributed by atoms with Crippen molar-refractivity contribution in [1.29, 1.82) is 0 Å². The van der Waals surface area contributed by atoms with Crippen molar-refractivity contribution in [3.63, 3.8) is 0 Å². The highest BCUT2D eigenvalue weighted by Gasteiger charge is 2.28. The molecule has 0 saturated heterocycles. The molecule has 4 aromatic rings. The van der Waals surface area contributed by atoms with Crippen LogP contribution in [-0.4, -0.2) is 60.8 Å². The summed E-state index contributed by atoms with van der Waals surface area (Å²) in [4.78, 5) is 22.4. The van der Waals surface area contributed by atoms with Crippen molar-refractivity contribution in [2.45, 2.75) is 70.0 Å². The predicted molar refractivity (Wildman–Crippen MR) is 207 cm³/mol. The molecule has 4 aromatic carbocycles. The van der Waals surface area contributed by atoms with Gasteiger partial charge in [-0.25, -0.2) is 9.59 Å². The van der Waals surface area contributed by atoms with Crippen LogP contribution in [0, 0.1) is 0 Å². The first kappa shape index (κ1) is 40.6. The smallest absolute Gasteiger partial charge is 0.330 e. The van der Waals surface area contributed by atoms with E-state index in [1.54, 1.807) is 0 Å². The zero-order valence-corrected chi connectivity index (χ0v) is 31.6. The Hall–Kier alpha value is -5.18. The molecule has 2 unspecified atom stereocenters. The average molecular weight is 721 g/mol. The first-order chi connectivity index (χ1) is 25.1. The van der Waals surface area contributed by atoms with Crippen LogP contribution in [0.2, 0.25) is 0 Å². The predicted octanol–water partition coefficient (Wildman–Crippen LogP) is 7.60. The van der Waals surface area contributed by atoms with Crippen LogP contribution in [0.1, 0.15) is 74.9 Å². The normalized spacial score (nSPS) is 13.0. The van der Waals surface area contributed by atoms with Crippen LogP contribution in [0.3, 0.4) is 0 Å². The summed E-state index contributed by atoms with van der Waals surface area (Å²) in [6, 6.07) is 33.3. The van der Waals surface area contributed by atoms with Crippen molar-refractivity contribution in [2.75, 3.05) is 26.4 Å². The van der Waals surface area contributed by atoms with Crippen LogP contribution in [0.15, 0.2) is 122 Å². The summed E-state index contributed by atoms with van der Waals surface area (Å²) in [5.41, 5.74) is 6.29. The van der Waals surface area contributed by atoms with Gasteiger partial charge in [-0.1, -0.05) is 127 Å². The van der Waals surface area contributed by atoms with E-state index in [9.17, 15) is 19.8 Å². The highest BCUT2D eigenvalue weighted by Crippen LogP contribution is 2.38. The van der Waals surface area contributed by atoms with Crippen molar-refractivity contribution in [2.24, 2.45) is 0 Å². The molecular formula is C45H52O8. The lowest BCUT2D eigenvalue weighted by Crippen LogP contribution is -2.25. The van der Waals surface area contributed by atoms with Gasteiger partial charge >= 0.3 is 11.9 Å². The van der Waals surface area contributed by atoms with E-state index < -0.39 is 24.1 Å². The van der Waals surface area contributed by atoms with Crippen LogP contribution >= 0.6 is 0 Å². The molecule has 0 heterocycles. The molecule has 0 aromatic heterocycles. The van der Waals surface area contributed by atoms with Gasteiger partial charge in [-0.2, -0.15) is 0 Å². The molecule has 0 aliphatic rings. The summed E-state index contributed by atoms with van der Waals surface area (Å²) < 4.78 is 21.1. The fourth-order valence-corrected chi connectivity index (χ4v) is 6.00. The van der Waals surface area contributed by atoms with E-state index in [0.717, 1.165) is 23.3 Å². The summed E-state index contributed by atoms with van der Waals surface area (Å²) in [5.74, 6) is 0.0670. The Morgan fingerprint density at radius 3 is 0.943 bits per heavy atom. The standard InChI is InChI=1S/C45H52O8/c1-9-41(48)52-29-37(46)27-50-39-23-19-35(20-24-39)44(5,6)33-15-11-31(12-16-33)43(3,4)32-13-17-34(18-14-32)45(7,8)36-21-25-40(26-22-36)51-28-38(47)30-53-42(49)10-2/h9-26,37-38,46-47H,1-2,27-30H2,3-8H3. The maximum absolute atomic E-state index is 11.2. The van der Waals surface area contributed by atoms with Gasteiger partial charge in [0, 0.05) is 28.4 Å². The molecule has 0 amide bonds. The maximum atomic E-state index is 11.2. The van der Waals surface area contributed by atoms with Gasteiger partial charge in [0.1, 0.15) is 50.1 Å². The van der Waals surface area contributed by atoms with E-state index in [2.05, 4.69) is 103 Å². The lowest BCUT2D eigenvalue weighted by Gasteiger charge is -2.31. The molecule has 8 nitrogen and oxygen atoms in total. The summed E-state index contributed by atoms with van der Waals surface area (Å²) in [7, 11) is 0. The van der Waals surface area contributed by atoms with E-state index in [1.807, 2.05) is 48.5 Å². The largest absolute Gasteiger partial charge is 0.491 e. The third-order valence-corrected chi connectivity index (χ3v) is 9.86. The van der Waals surface area contributed by atoms with E-state index in [0.29, 0.717) is 11.5 Å². The third-order valence-electron chi connectivity index (χ3n) is 9.86. The van der Waals surface area contributed by atoms with E-state index >= 15 is 0 Å². The SMILES string of the molecule is C=CC(=O)OCC(O)COc1ccc(C(C)(C)c2ccc(C(C)(C)c3ccc(C(C)(C)c4ccc(OCC(O)COC(=O)C=C)cc4)cc3)cc2)cc1. The molecule has 2 atom stereocenters. The van der Waals surface area contributed by atoms with Gasteiger partial charge in [0.25, 0.3) is 0 Å². The van der Waals surface area contributed by atoms with Crippen molar-refractivity contribution < 1.29 is 38.7 Å². The van der Waals surface area contributed by atoms with Crippen LogP contribution in [-0.2, 0) is 35.3 Å². The Morgan fingerprint density at radius 2 is 0.717 bits per heavy atom. The number of carbonyl (C=O) groups excluding carboxylic acids is 2. The number of aliphatic hydroxyl groups excluding tert-OH is 2. The van der Waals surface area contributed by atoms with Crippen LogP contribution < -0.4 is 9.47 Å². The molecule has 0 aliphatic heterocycles. The van der Waals surface area contributed by atoms with Gasteiger partial charge in [0.2, 0.25) is 0 Å². The first-order valence-electron chi connectivity index (χ1n) is 17.7. The molecule has 0 aliphatic carbocycles. The number of ether oxygens (including phenoxy) is 4. The van der Waals surface area contributed by atoms with Crippen molar-refractivity contribution in [1.82, 2.24) is 0 Å². The number of carbonyl (C=O) groups is 2. The molecule has 53 heavy (non-hydrogen) atoms. The third kappa shape index (κ3) is 10.5. The van der Waals surface area contributed by atoms with Crippen molar-refractivity contribution in [3.8, 4) is 11.5 Å². The minimum Gasteiger partial charge on any atom is -0.491 e. The van der Waals surface area contributed by atoms with E-state index in [4.69, 9.17) is 18.9 Å². The molecule has 0 bridgehead atoms. The van der Waals surface area contributed by atoms with E-state index in [1.165, 1.54) is 22.3 Å². The molecule has 2 N–H and O–H groups in total. The summed E-state index contributed by atoms with van der Waals surface area (Å²) in [5, 5.41) is 20.1. The van der Waals surface area contributed by atoms with Gasteiger partial charge in [0.15, 0.2) is 0 Å². The number of benzene rings is 4. The molecule has 0 radical (unpaired) electrons. The van der Waals surface area contributed by atoms with Crippen molar-refractivity contribution in [3.05, 3.63) is 156 Å². The van der Waals surface area contributed by atoms with Gasteiger partial charge in [-0.15, -0.1) is 0 Å². The maximum Gasteiger partial charge on any atom is 0.330 e. The first-order valence-corrected chi connectivity index (χ1v) is 17.7. The quantitative estimate of drug-likeness (QED) is 0.0799. The summed E-state index contributed by atoms with van der Waals surface area (Å²) in [6.45, 7) is 19.6. The lowest BCUT2D eigenvalue weighted by atomic mass is 9.73. The fraction of sp³-hybridized carbons (Fsp3) is 0.333. The number of hydrogen-bond donors (Lipinski definition) is 2. The average Bonchev–Trinajstić information content (AvgIpc) is 3.17. The van der Waals surface area contributed by atoms with Crippen molar-refractivity contribution >= 4 is 11.9 Å². The Kier molecular flexibility index (Phi) is 13.4. The summed E-state index contributed by atoms with van der Waals surface area (Å²) in [6.07, 6.45) is 0.230. The molecule has 280 valence electrons. The molecule has 0 fully saturated rings. The summed E-state index contributed by atoms with van der Waals surface area (Å²) >= 11 is 0. The minimum absolute atomic E-state index is 0.00281. The number of rotatable bonds is 18. The van der Waals surface area contributed by atoms with Crippen LogP contribution in [0.4, 0.5) is 0 Å². The number of hydrogen-bond acceptors (Lipinski definition) is 8. The van der Waals surface area contributed by atoms with Gasteiger partial charge < -0.3 is 29.2 Å².